The molecule has 1 aromatic carbocycles. The van der Waals surface area contributed by atoms with Gasteiger partial charge in [-0.05, 0) is 17.7 Å². The average molecular weight is 253 g/mol. The number of carbonyl (C=O) groups is 1. The van der Waals surface area contributed by atoms with Crippen molar-refractivity contribution >= 4 is 17.7 Å². The molecule has 2 rings (SSSR count). The molecule has 0 bridgehead atoms. The lowest BCUT2D eigenvalue weighted by molar-refractivity contribution is -0.138. The zero-order chi connectivity index (χ0) is 12.3. The normalized spacial score (nSPS) is 17.2. The highest BCUT2D eigenvalue weighted by atomic mass is 32.2. The number of benzene rings is 1. The van der Waals surface area contributed by atoms with Crippen LogP contribution in [0.1, 0.15) is 11.5 Å². The second kappa shape index (κ2) is 5.42. The van der Waals surface area contributed by atoms with E-state index in [1.807, 2.05) is 23.9 Å². The molecule has 1 fully saturated rings. The summed E-state index contributed by atoms with van der Waals surface area (Å²) in [5.74, 6) is 1.18. The van der Waals surface area contributed by atoms with Gasteiger partial charge in [0.05, 0.1) is 5.92 Å². The van der Waals surface area contributed by atoms with Gasteiger partial charge in [-0.25, -0.2) is 0 Å². The first kappa shape index (κ1) is 12.3. The lowest BCUT2D eigenvalue weighted by Crippen LogP contribution is -2.31. The molecule has 1 saturated heterocycles. The molecule has 0 amide bonds. The van der Waals surface area contributed by atoms with Gasteiger partial charge in [-0.1, -0.05) is 12.1 Å². The van der Waals surface area contributed by atoms with E-state index in [-0.39, 0.29) is 12.6 Å². The SMILES string of the molecule is NCC(C(=O)O)c1cccc(OC2CSC2)c1. The van der Waals surface area contributed by atoms with Crippen LogP contribution in [-0.4, -0.2) is 35.2 Å². The summed E-state index contributed by atoms with van der Waals surface area (Å²) in [4.78, 5) is 11.0. The highest BCUT2D eigenvalue weighted by Gasteiger charge is 2.21. The third kappa shape index (κ3) is 2.92. The van der Waals surface area contributed by atoms with Gasteiger partial charge >= 0.3 is 5.97 Å². The van der Waals surface area contributed by atoms with Gasteiger partial charge in [0.15, 0.2) is 0 Å². The Morgan fingerprint density at radius 1 is 1.59 bits per heavy atom. The number of rotatable bonds is 5. The molecule has 4 nitrogen and oxygen atoms in total. The van der Waals surface area contributed by atoms with Crippen LogP contribution in [0.2, 0.25) is 0 Å². The maximum absolute atomic E-state index is 11.0. The van der Waals surface area contributed by atoms with E-state index in [0.29, 0.717) is 5.56 Å². The molecule has 3 N–H and O–H groups in total. The molecule has 1 heterocycles. The second-order valence-corrected chi connectivity index (χ2v) is 5.05. The van der Waals surface area contributed by atoms with Crippen LogP contribution in [0.4, 0.5) is 0 Å². The van der Waals surface area contributed by atoms with Gasteiger partial charge in [0, 0.05) is 18.1 Å². The fourth-order valence-electron chi connectivity index (χ4n) is 1.66. The van der Waals surface area contributed by atoms with Crippen LogP contribution >= 0.6 is 11.8 Å². The van der Waals surface area contributed by atoms with Gasteiger partial charge in [0.25, 0.3) is 0 Å². The van der Waals surface area contributed by atoms with Gasteiger partial charge in [-0.2, -0.15) is 11.8 Å². The highest BCUT2D eigenvalue weighted by Crippen LogP contribution is 2.26. The second-order valence-electron chi connectivity index (χ2n) is 3.98. The zero-order valence-corrected chi connectivity index (χ0v) is 10.2. The molecule has 1 unspecified atom stereocenters. The Hall–Kier alpha value is -1.20. The minimum Gasteiger partial charge on any atom is -0.489 e. The maximum atomic E-state index is 11.0. The maximum Gasteiger partial charge on any atom is 0.312 e. The molecule has 0 radical (unpaired) electrons. The number of hydrogen-bond donors (Lipinski definition) is 2. The van der Waals surface area contributed by atoms with Crippen molar-refractivity contribution in [3.63, 3.8) is 0 Å². The molecule has 1 aliphatic rings. The first-order valence-electron chi connectivity index (χ1n) is 5.48. The van der Waals surface area contributed by atoms with Crippen molar-refractivity contribution in [2.75, 3.05) is 18.1 Å². The van der Waals surface area contributed by atoms with E-state index in [2.05, 4.69) is 0 Å². The van der Waals surface area contributed by atoms with Crippen LogP contribution in [0.5, 0.6) is 5.75 Å². The summed E-state index contributed by atoms with van der Waals surface area (Å²) in [7, 11) is 0. The first-order chi connectivity index (χ1) is 8.20. The third-order valence-corrected chi connectivity index (χ3v) is 3.92. The Bertz CT molecular complexity index is 406. The fourth-order valence-corrected chi connectivity index (χ4v) is 2.22. The molecule has 92 valence electrons. The fraction of sp³-hybridized carbons (Fsp3) is 0.417. The average Bonchev–Trinajstić information content (AvgIpc) is 2.25. The molecule has 0 saturated carbocycles. The van der Waals surface area contributed by atoms with Gasteiger partial charge in [0.2, 0.25) is 0 Å². The number of carboxylic acids is 1. The zero-order valence-electron chi connectivity index (χ0n) is 9.33. The Kier molecular flexibility index (Phi) is 3.91. The topological polar surface area (TPSA) is 72.6 Å². The van der Waals surface area contributed by atoms with Crippen LogP contribution in [0.25, 0.3) is 0 Å². The van der Waals surface area contributed by atoms with Crippen molar-refractivity contribution in [3.05, 3.63) is 29.8 Å². The lowest BCUT2D eigenvalue weighted by atomic mass is 9.99. The molecule has 1 aliphatic heterocycles. The summed E-state index contributed by atoms with van der Waals surface area (Å²) in [5.41, 5.74) is 6.17. The standard InChI is InChI=1S/C12H15NO3S/c13-5-11(12(14)15)8-2-1-3-9(4-8)16-10-6-17-7-10/h1-4,10-11H,5-7,13H2,(H,14,15). The van der Waals surface area contributed by atoms with E-state index >= 15 is 0 Å². The number of carboxylic acid groups (broad SMARTS) is 1. The van der Waals surface area contributed by atoms with Crippen molar-refractivity contribution in [1.29, 1.82) is 0 Å². The van der Waals surface area contributed by atoms with Gasteiger partial charge in [-0.15, -0.1) is 0 Å². The molecule has 1 atom stereocenters. The molecule has 17 heavy (non-hydrogen) atoms. The Morgan fingerprint density at radius 2 is 2.35 bits per heavy atom. The predicted molar refractivity (Wildman–Crippen MR) is 67.6 cm³/mol. The largest absolute Gasteiger partial charge is 0.489 e. The van der Waals surface area contributed by atoms with E-state index in [1.54, 1.807) is 12.1 Å². The smallest absolute Gasteiger partial charge is 0.312 e. The molecule has 5 heteroatoms. The Labute approximate surface area is 104 Å². The van der Waals surface area contributed by atoms with Gasteiger partial charge < -0.3 is 15.6 Å². The molecule has 0 aliphatic carbocycles. The molecular formula is C12H15NO3S. The van der Waals surface area contributed by atoms with Crippen LogP contribution in [0.15, 0.2) is 24.3 Å². The highest BCUT2D eigenvalue weighted by molar-refractivity contribution is 8.00. The minimum atomic E-state index is -0.899. The van der Waals surface area contributed by atoms with E-state index in [9.17, 15) is 4.79 Å². The van der Waals surface area contributed by atoms with Crippen LogP contribution < -0.4 is 10.5 Å². The number of thioether (sulfide) groups is 1. The summed E-state index contributed by atoms with van der Waals surface area (Å²) in [6.45, 7) is 0.0953. The Morgan fingerprint density at radius 3 is 2.88 bits per heavy atom. The summed E-state index contributed by atoms with van der Waals surface area (Å²) in [5, 5.41) is 9.03. The van der Waals surface area contributed by atoms with Crippen LogP contribution in [0.3, 0.4) is 0 Å². The van der Waals surface area contributed by atoms with Gasteiger partial charge in [0.1, 0.15) is 11.9 Å². The summed E-state index contributed by atoms with van der Waals surface area (Å²) in [6, 6.07) is 7.20. The summed E-state index contributed by atoms with van der Waals surface area (Å²) < 4.78 is 5.71. The molecule has 0 aromatic heterocycles. The van der Waals surface area contributed by atoms with Crippen LogP contribution in [0, 0.1) is 0 Å². The van der Waals surface area contributed by atoms with Crippen molar-refractivity contribution in [3.8, 4) is 5.75 Å². The van der Waals surface area contributed by atoms with E-state index < -0.39 is 11.9 Å². The van der Waals surface area contributed by atoms with Crippen LogP contribution in [-0.2, 0) is 4.79 Å². The van der Waals surface area contributed by atoms with Gasteiger partial charge in [-0.3, -0.25) is 4.79 Å². The van der Waals surface area contributed by atoms with Crippen molar-refractivity contribution in [2.24, 2.45) is 5.73 Å². The molecular weight excluding hydrogens is 238 g/mol. The molecule has 1 aromatic rings. The van der Waals surface area contributed by atoms with Crippen molar-refractivity contribution in [2.45, 2.75) is 12.0 Å². The first-order valence-corrected chi connectivity index (χ1v) is 6.63. The third-order valence-electron chi connectivity index (χ3n) is 2.70. The van der Waals surface area contributed by atoms with E-state index in [1.165, 1.54) is 0 Å². The number of hydrogen-bond acceptors (Lipinski definition) is 4. The number of ether oxygens (including phenoxy) is 1. The predicted octanol–water partition coefficient (Wildman–Crippen LogP) is 1.31. The number of nitrogens with two attached hydrogens (primary N) is 1. The molecule has 0 spiro atoms. The minimum absolute atomic E-state index is 0.0953. The van der Waals surface area contributed by atoms with E-state index in [0.717, 1.165) is 17.3 Å². The van der Waals surface area contributed by atoms with Crippen molar-refractivity contribution < 1.29 is 14.6 Å². The lowest BCUT2D eigenvalue weighted by Gasteiger charge is -2.26. The van der Waals surface area contributed by atoms with E-state index in [4.69, 9.17) is 15.6 Å². The van der Waals surface area contributed by atoms with Crippen molar-refractivity contribution in [1.82, 2.24) is 0 Å². The summed E-state index contributed by atoms with van der Waals surface area (Å²) in [6.07, 6.45) is 0.261. The quantitative estimate of drug-likeness (QED) is 0.827. The monoisotopic (exact) mass is 253 g/mol. The number of aliphatic carboxylic acids is 1. The Balaban J connectivity index is 2.11. The summed E-state index contributed by atoms with van der Waals surface area (Å²) >= 11 is 1.85.